The summed E-state index contributed by atoms with van der Waals surface area (Å²) in [7, 11) is 0. The number of hydrogen-bond donors (Lipinski definition) is 2. The van der Waals surface area contributed by atoms with Crippen molar-refractivity contribution in [2.75, 3.05) is 6.61 Å². The molecule has 2 N–H and O–H groups in total. The molecule has 19 heavy (non-hydrogen) atoms. The van der Waals surface area contributed by atoms with Crippen LogP contribution in [0.5, 0.6) is 0 Å². The van der Waals surface area contributed by atoms with Gasteiger partial charge in [0, 0.05) is 19.1 Å². The van der Waals surface area contributed by atoms with Crippen molar-refractivity contribution in [1.29, 1.82) is 0 Å². The van der Waals surface area contributed by atoms with Gasteiger partial charge in [-0.05, 0) is 25.7 Å². The third kappa shape index (κ3) is 4.48. The SMILES string of the molecule is CCc1nn(CC)c(CNC(CO)CC(C)C)c1Cl. The van der Waals surface area contributed by atoms with Gasteiger partial charge < -0.3 is 10.4 Å². The highest BCUT2D eigenvalue weighted by Gasteiger charge is 2.16. The second-order valence-corrected chi connectivity index (χ2v) is 5.64. The first kappa shape index (κ1) is 16.5. The molecule has 1 unspecified atom stereocenters. The predicted molar refractivity (Wildman–Crippen MR) is 79.5 cm³/mol. The van der Waals surface area contributed by atoms with Crippen LogP contribution in [0, 0.1) is 5.92 Å². The molecule has 5 heteroatoms. The van der Waals surface area contributed by atoms with E-state index in [0.717, 1.165) is 35.8 Å². The minimum absolute atomic E-state index is 0.112. The molecule has 0 radical (unpaired) electrons. The van der Waals surface area contributed by atoms with Gasteiger partial charge in [0.05, 0.1) is 23.0 Å². The van der Waals surface area contributed by atoms with Gasteiger partial charge in [-0.3, -0.25) is 4.68 Å². The highest BCUT2D eigenvalue weighted by molar-refractivity contribution is 6.31. The lowest BCUT2D eigenvalue weighted by Crippen LogP contribution is -2.34. The first-order valence-electron chi connectivity index (χ1n) is 7.11. The zero-order valence-electron chi connectivity index (χ0n) is 12.4. The van der Waals surface area contributed by atoms with Crippen LogP contribution in [0.4, 0.5) is 0 Å². The molecule has 0 aliphatic carbocycles. The second-order valence-electron chi connectivity index (χ2n) is 5.27. The van der Waals surface area contributed by atoms with Crippen LogP contribution in [0.1, 0.15) is 45.5 Å². The highest BCUT2D eigenvalue weighted by atomic mass is 35.5. The van der Waals surface area contributed by atoms with E-state index in [9.17, 15) is 5.11 Å². The maximum absolute atomic E-state index is 9.38. The lowest BCUT2D eigenvalue weighted by Gasteiger charge is -2.18. The van der Waals surface area contributed by atoms with Crippen LogP contribution < -0.4 is 5.32 Å². The maximum Gasteiger partial charge on any atom is 0.0863 e. The van der Waals surface area contributed by atoms with Gasteiger partial charge in [-0.15, -0.1) is 0 Å². The van der Waals surface area contributed by atoms with E-state index in [1.54, 1.807) is 0 Å². The Morgan fingerprint density at radius 3 is 2.53 bits per heavy atom. The van der Waals surface area contributed by atoms with Gasteiger partial charge in [0.1, 0.15) is 0 Å². The van der Waals surface area contributed by atoms with Gasteiger partial charge in [-0.1, -0.05) is 32.4 Å². The Hall–Kier alpha value is -0.580. The van der Waals surface area contributed by atoms with Crippen molar-refractivity contribution in [3.63, 3.8) is 0 Å². The molecule has 0 saturated carbocycles. The fourth-order valence-electron chi connectivity index (χ4n) is 2.22. The third-order valence-electron chi connectivity index (χ3n) is 3.23. The van der Waals surface area contributed by atoms with Crippen LogP contribution in [0.15, 0.2) is 0 Å². The second kappa shape index (κ2) is 7.88. The Bertz CT molecular complexity index is 390. The van der Waals surface area contributed by atoms with E-state index >= 15 is 0 Å². The monoisotopic (exact) mass is 287 g/mol. The number of nitrogens with one attached hydrogen (secondary N) is 1. The number of rotatable bonds is 8. The summed E-state index contributed by atoms with van der Waals surface area (Å²) >= 11 is 6.35. The van der Waals surface area contributed by atoms with Crippen LogP contribution in [0.25, 0.3) is 0 Å². The van der Waals surface area contributed by atoms with Gasteiger partial charge in [-0.2, -0.15) is 5.10 Å². The Kier molecular flexibility index (Phi) is 6.83. The minimum Gasteiger partial charge on any atom is -0.395 e. The average Bonchev–Trinajstić information content (AvgIpc) is 2.70. The summed E-state index contributed by atoms with van der Waals surface area (Å²) in [4.78, 5) is 0. The molecule has 1 aromatic heterocycles. The number of aliphatic hydroxyl groups excluding tert-OH is 1. The molecule has 0 amide bonds. The number of aliphatic hydroxyl groups is 1. The number of aromatic nitrogens is 2. The van der Waals surface area contributed by atoms with Crippen molar-refractivity contribution in [2.45, 2.75) is 59.7 Å². The lowest BCUT2D eigenvalue weighted by atomic mass is 10.0. The summed E-state index contributed by atoms with van der Waals surface area (Å²) in [5.74, 6) is 0.558. The van der Waals surface area contributed by atoms with Crippen molar-refractivity contribution >= 4 is 11.6 Å². The van der Waals surface area contributed by atoms with E-state index in [2.05, 4.69) is 38.1 Å². The van der Waals surface area contributed by atoms with E-state index in [0.29, 0.717) is 12.5 Å². The van der Waals surface area contributed by atoms with Crippen molar-refractivity contribution in [3.8, 4) is 0 Å². The molecule has 0 aliphatic heterocycles. The fraction of sp³-hybridized carbons (Fsp3) is 0.786. The highest BCUT2D eigenvalue weighted by Crippen LogP contribution is 2.21. The molecule has 0 spiro atoms. The summed E-state index contributed by atoms with van der Waals surface area (Å²) in [6.07, 6.45) is 1.79. The van der Waals surface area contributed by atoms with Crippen molar-refractivity contribution in [2.24, 2.45) is 5.92 Å². The Balaban J connectivity index is 2.73. The summed E-state index contributed by atoms with van der Waals surface area (Å²) in [5.41, 5.74) is 1.97. The van der Waals surface area contributed by atoms with E-state index in [1.165, 1.54) is 0 Å². The summed E-state index contributed by atoms with van der Waals surface area (Å²) < 4.78 is 1.94. The van der Waals surface area contributed by atoms with Gasteiger partial charge in [-0.25, -0.2) is 0 Å². The topological polar surface area (TPSA) is 50.1 Å². The quantitative estimate of drug-likeness (QED) is 0.773. The molecule has 0 aliphatic rings. The molecule has 1 rings (SSSR count). The number of aryl methyl sites for hydroxylation is 2. The summed E-state index contributed by atoms with van der Waals surface area (Å²) in [6, 6.07) is 0.112. The Morgan fingerprint density at radius 2 is 2.05 bits per heavy atom. The number of halogens is 1. The molecule has 0 fully saturated rings. The third-order valence-corrected chi connectivity index (χ3v) is 3.66. The van der Waals surface area contributed by atoms with Crippen molar-refractivity contribution in [3.05, 3.63) is 16.4 Å². The van der Waals surface area contributed by atoms with E-state index in [1.807, 2.05) is 4.68 Å². The molecule has 1 aromatic rings. The van der Waals surface area contributed by atoms with Crippen LogP contribution in [0.3, 0.4) is 0 Å². The number of hydrogen-bond acceptors (Lipinski definition) is 3. The molecule has 4 nitrogen and oxygen atoms in total. The van der Waals surface area contributed by atoms with E-state index in [4.69, 9.17) is 11.6 Å². The smallest absolute Gasteiger partial charge is 0.0863 e. The van der Waals surface area contributed by atoms with Crippen LogP contribution in [-0.2, 0) is 19.5 Å². The molecular formula is C14H26ClN3O. The zero-order valence-corrected chi connectivity index (χ0v) is 13.2. The van der Waals surface area contributed by atoms with Gasteiger partial charge >= 0.3 is 0 Å². The first-order valence-corrected chi connectivity index (χ1v) is 7.49. The van der Waals surface area contributed by atoms with E-state index in [-0.39, 0.29) is 12.6 Å². The average molecular weight is 288 g/mol. The molecule has 0 saturated heterocycles. The summed E-state index contributed by atoms with van der Waals surface area (Å²) in [5, 5.41) is 18.0. The Morgan fingerprint density at radius 1 is 1.37 bits per heavy atom. The van der Waals surface area contributed by atoms with E-state index < -0.39 is 0 Å². The van der Waals surface area contributed by atoms with Crippen molar-refractivity contribution in [1.82, 2.24) is 15.1 Å². The largest absolute Gasteiger partial charge is 0.395 e. The van der Waals surface area contributed by atoms with Crippen molar-refractivity contribution < 1.29 is 5.11 Å². The Labute approximate surface area is 121 Å². The number of nitrogens with zero attached hydrogens (tertiary/aromatic N) is 2. The molecule has 1 heterocycles. The standard InChI is InChI=1S/C14H26ClN3O/c1-5-12-14(15)13(18(6-2)17-12)8-16-11(9-19)7-10(3)4/h10-11,16,19H,5-9H2,1-4H3. The molecule has 1 atom stereocenters. The van der Waals surface area contributed by atoms with Gasteiger partial charge in [0.25, 0.3) is 0 Å². The fourth-order valence-corrected chi connectivity index (χ4v) is 2.55. The minimum atomic E-state index is 0.112. The molecule has 0 aromatic carbocycles. The zero-order chi connectivity index (χ0) is 14.4. The van der Waals surface area contributed by atoms with Gasteiger partial charge in [0.2, 0.25) is 0 Å². The molecule has 0 bridgehead atoms. The maximum atomic E-state index is 9.38. The first-order chi connectivity index (χ1) is 9.03. The van der Waals surface area contributed by atoms with Crippen LogP contribution in [0.2, 0.25) is 5.02 Å². The molecular weight excluding hydrogens is 262 g/mol. The van der Waals surface area contributed by atoms with Crippen LogP contribution >= 0.6 is 11.6 Å². The predicted octanol–water partition coefficient (Wildman–Crippen LogP) is 2.62. The normalized spacial score (nSPS) is 13.2. The molecule has 110 valence electrons. The lowest BCUT2D eigenvalue weighted by molar-refractivity contribution is 0.222. The van der Waals surface area contributed by atoms with Gasteiger partial charge in [0.15, 0.2) is 0 Å². The van der Waals surface area contributed by atoms with Crippen LogP contribution in [-0.4, -0.2) is 27.5 Å². The summed E-state index contributed by atoms with van der Waals surface area (Å²) in [6.45, 7) is 10.0.